The summed E-state index contributed by atoms with van der Waals surface area (Å²) in [6, 6.07) is 12.1. The van der Waals surface area contributed by atoms with E-state index in [1.165, 1.54) is 14.2 Å². The molecule has 35 heavy (non-hydrogen) atoms. The number of nitrogens with zero attached hydrogens (tertiary/aromatic N) is 2. The van der Waals surface area contributed by atoms with E-state index in [1.807, 2.05) is 0 Å². The van der Waals surface area contributed by atoms with Gasteiger partial charge in [-0.25, -0.2) is 9.10 Å². The summed E-state index contributed by atoms with van der Waals surface area (Å²) in [5.41, 5.74) is 1.51. The quantitative estimate of drug-likeness (QED) is 0.587. The van der Waals surface area contributed by atoms with Crippen molar-refractivity contribution in [3.05, 3.63) is 59.2 Å². The number of carbonyl (C=O) groups is 2. The van der Waals surface area contributed by atoms with Crippen molar-refractivity contribution in [2.75, 3.05) is 20.8 Å². The Kier molecular flexibility index (Phi) is 7.91. The van der Waals surface area contributed by atoms with Crippen LogP contribution in [0.5, 0.6) is 11.5 Å². The van der Waals surface area contributed by atoms with Crippen LogP contribution in [-0.2, 0) is 39.4 Å². The van der Waals surface area contributed by atoms with E-state index in [0.717, 1.165) is 14.2 Å². The second kappa shape index (κ2) is 10.5. The number of carbonyl (C=O) groups excluding carboxylic acids is 2. The second-order valence-corrected chi connectivity index (χ2v) is 10.9. The first-order valence-corrected chi connectivity index (χ1v) is 12.4. The molecule has 0 aromatic heterocycles. The van der Waals surface area contributed by atoms with Gasteiger partial charge in [0.15, 0.2) is 0 Å². The Morgan fingerprint density at radius 3 is 2.26 bits per heavy atom. The van der Waals surface area contributed by atoms with Gasteiger partial charge in [-0.1, -0.05) is 24.3 Å². The molecule has 0 aliphatic carbocycles. The Morgan fingerprint density at radius 1 is 1.00 bits per heavy atom. The van der Waals surface area contributed by atoms with Gasteiger partial charge in [-0.15, -0.1) is 0 Å². The summed E-state index contributed by atoms with van der Waals surface area (Å²) in [5, 5.41) is 2.68. The van der Waals surface area contributed by atoms with Gasteiger partial charge in [-0.3, -0.25) is 4.79 Å². The molecule has 1 aliphatic rings. The molecule has 1 aliphatic heterocycles. The molecule has 1 heterocycles. The van der Waals surface area contributed by atoms with Crippen LogP contribution in [0.25, 0.3) is 0 Å². The minimum atomic E-state index is -4.01. The predicted octanol–water partition coefficient (Wildman–Crippen LogP) is 2.82. The lowest BCUT2D eigenvalue weighted by Gasteiger charge is -2.20. The van der Waals surface area contributed by atoms with Crippen LogP contribution in [0.15, 0.2) is 42.5 Å². The molecule has 190 valence electrons. The fraction of sp³-hybridized carbons (Fsp3) is 0.417. The summed E-state index contributed by atoms with van der Waals surface area (Å²) < 4.78 is 43.9. The first-order chi connectivity index (χ1) is 16.4. The highest BCUT2D eigenvalue weighted by Crippen LogP contribution is 2.29. The first-order valence-electron chi connectivity index (χ1n) is 11.0. The van der Waals surface area contributed by atoms with E-state index in [9.17, 15) is 18.0 Å². The van der Waals surface area contributed by atoms with Crippen molar-refractivity contribution < 1.29 is 32.2 Å². The smallest absolute Gasteiger partial charge is 0.407 e. The molecule has 0 atom stereocenters. The normalized spacial score (nSPS) is 15.7. The molecule has 2 amide bonds. The summed E-state index contributed by atoms with van der Waals surface area (Å²) in [5.74, 6) is 0.481. The molecule has 10 nitrogen and oxygen atoms in total. The van der Waals surface area contributed by atoms with Gasteiger partial charge in [0, 0.05) is 24.7 Å². The van der Waals surface area contributed by atoms with E-state index in [-0.39, 0.29) is 26.2 Å². The molecule has 3 rings (SSSR count). The summed E-state index contributed by atoms with van der Waals surface area (Å²) in [7, 11) is -1.02. The summed E-state index contributed by atoms with van der Waals surface area (Å²) in [6.45, 7) is 5.29. The molecule has 0 saturated carbocycles. The Labute approximate surface area is 205 Å². The van der Waals surface area contributed by atoms with E-state index >= 15 is 0 Å². The van der Waals surface area contributed by atoms with Gasteiger partial charge in [0.05, 0.1) is 27.3 Å². The number of methoxy groups -OCH3 is 2. The molecular formula is C24H31N3O7S. The number of hydrogen-bond acceptors (Lipinski definition) is 7. The minimum Gasteiger partial charge on any atom is -0.497 e. The number of benzene rings is 2. The maximum atomic E-state index is 13.1. The van der Waals surface area contributed by atoms with E-state index in [2.05, 4.69) is 5.32 Å². The summed E-state index contributed by atoms with van der Waals surface area (Å²) >= 11 is 0. The Hall–Kier alpha value is -3.31. The monoisotopic (exact) mass is 505 g/mol. The van der Waals surface area contributed by atoms with Crippen molar-refractivity contribution in [3.63, 3.8) is 0 Å². The zero-order valence-electron chi connectivity index (χ0n) is 20.5. The predicted molar refractivity (Wildman–Crippen MR) is 129 cm³/mol. The van der Waals surface area contributed by atoms with E-state index in [1.54, 1.807) is 63.2 Å². The van der Waals surface area contributed by atoms with Crippen molar-refractivity contribution >= 4 is 22.2 Å². The van der Waals surface area contributed by atoms with Gasteiger partial charge in [0.1, 0.15) is 17.1 Å². The highest BCUT2D eigenvalue weighted by molar-refractivity contribution is 7.87. The van der Waals surface area contributed by atoms with Crippen molar-refractivity contribution in [2.45, 2.75) is 46.0 Å². The molecule has 11 heteroatoms. The molecule has 0 bridgehead atoms. The highest BCUT2D eigenvalue weighted by atomic mass is 32.2. The van der Waals surface area contributed by atoms with Crippen molar-refractivity contribution in [2.24, 2.45) is 0 Å². The van der Waals surface area contributed by atoms with Gasteiger partial charge >= 0.3 is 16.3 Å². The number of amides is 2. The molecule has 0 radical (unpaired) electrons. The van der Waals surface area contributed by atoms with Crippen LogP contribution in [0.3, 0.4) is 0 Å². The van der Waals surface area contributed by atoms with Crippen LogP contribution >= 0.6 is 0 Å². The fourth-order valence-corrected chi connectivity index (χ4v) is 4.96. The van der Waals surface area contributed by atoms with Gasteiger partial charge in [0.25, 0.3) is 5.91 Å². The van der Waals surface area contributed by atoms with Crippen molar-refractivity contribution in [3.8, 4) is 11.5 Å². The first kappa shape index (κ1) is 26.3. The third-order valence-corrected chi connectivity index (χ3v) is 7.02. The lowest BCUT2D eigenvalue weighted by molar-refractivity contribution is -0.125. The lowest BCUT2D eigenvalue weighted by atomic mass is 10.1. The van der Waals surface area contributed by atoms with Gasteiger partial charge in [-0.2, -0.15) is 12.7 Å². The molecule has 2 aromatic rings. The van der Waals surface area contributed by atoms with E-state index in [0.29, 0.717) is 22.6 Å². The van der Waals surface area contributed by atoms with Crippen LogP contribution in [0.4, 0.5) is 4.79 Å². The molecule has 0 spiro atoms. The van der Waals surface area contributed by atoms with E-state index < -0.39 is 27.8 Å². The maximum Gasteiger partial charge on any atom is 0.407 e. The third-order valence-electron chi connectivity index (χ3n) is 5.22. The van der Waals surface area contributed by atoms with E-state index in [4.69, 9.17) is 14.2 Å². The minimum absolute atomic E-state index is 0.0457. The number of alkyl carbamates (subject to hydrolysis) is 1. The SMILES string of the molecule is COc1ccc(CN2C(=O)CN(Cc3ccc(CNC(=O)OC(C)(C)C)cc3)S2(=O)=O)c(OC)c1. The zero-order valence-corrected chi connectivity index (χ0v) is 21.3. The van der Waals surface area contributed by atoms with Crippen LogP contribution in [-0.4, -0.2) is 55.4 Å². The van der Waals surface area contributed by atoms with Crippen molar-refractivity contribution in [1.29, 1.82) is 0 Å². The second-order valence-electron chi connectivity index (χ2n) is 9.03. The molecular weight excluding hydrogens is 474 g/mol. The van der Waals surface area contributed by atoms with Gasteiger partial charge in [-0.05, 0) is 44.0 Å². The summed E-state index contributed by atoms with van der Waals surface area (Å²) in [4.78, 5) is 24.4. The van der Waals surface area contributed by atoms with Crippen molar-refractivity contribution in [1.82, 2.24) is 13.9 Å². The number of ether oxygens (including phenoxy) is 3. The van der Waals surface area contributed by atoms with Gasteiger partial charge in [0.2, 0.25) is 0 Å². The number of nitrogens with one attached hydrogen (secondary N) is 1. The average Bonchev–Trinajstić information content (AvgIpc) is 3.00. The third kappa shape index (κ3) is 6.64. The lowest BCUT2D eigenvalue weighted by Crippen LogP contribution is -2.33. The van der Waals surface area contributed by atoms with Gasteiger partial charge < -0.3 is 19.5 Å². The number of rotatable bonds is 8. The number of hydrogen-bond donors (Lipinski definition) is 1. The topological polar surface area (TPSA) is 114 Å². The maximum absolute atomic E-state index is 13.1. The van der Waals surface area contributed by atoms with Crippen LogP contribution < -0.4 is 14.8 Å². The Bertz CT molecular complexity index is 1170. The zero-order chi connectivity index (χ0) is 25.8. The average molecular weight is 506 g/mol. The molecule has 1 fully saturated rings. The Balaban J connectivity index is 1.64. The van der Waals surface area contributed by atoms with Crippen LogP contribution in [0.1, 0.15) is 37.5 Å². The van der Waals surface area contributed by atoms with Crippen LogP contribution in [0, 0.1) is 0 Å². The molecule has 1 saturated heterocycles. The Morgan fingerprint density at radius 2 is 1.66 bits per heavy atom. The standard InChI is InChI=1S/C24H31N3O7S/c1-24(2,3)34-23(29)25-13-17-6-8-18(9-7-17)14-26-16-22(28)27(35(26,30)31)15-19-10-11-20(32-4)12-21(19)33-5/h6-12H,13-16H2,1-5H3,(H,25,29). The van der Waals surface area contributed by atoms with Crippen LogP contribution in [0.2, 0.25) is 0 Å². The molecule has 2 aromatic carbocycles. The molecule has 0 unspecified atom stereocenters. The largest absolute Gasteiger partial charge is 0.497 e. The summed E-state index contributed by atoms with van der Waals surface area (Å²) in [6.07, 6.45) is -0.517. The fourth-order valence-electron chi connectivity index (χ4n) is 3.48. The molecule has 1 N–H and O–H groups in total. The highest BCUT2D eigenvalue weighted by Gasteiger charge is 2.42.